The molecule has 0 radical (unpaired) electrons. The Morgan fingerprint density at radius 3 is 2.39 bits per heavy atom. The van der Waals surface area contributed by atoms with Crippen molar-refractivity contribution in [3.63, 3.8) is 0 Å². The van der Waals surface area contributed by atoms with Crippen LogP contribution in [0.4, 0.5) is 5.82 Å². The van der Waals surface area contributed by atoms with E-state index >= 15 is 0 Å². The lowest BCUT2D eigenvalue weighted by molar-refractivity contribution is -0.129. The number of likely N-dealkylation sites (tertiary alicyclic amines) is 1. The van der Waals surface area contributed by atoms with Gasteiger partial charge in [0.2, 0.25) is 5.91 Å². The molecule has 2 heterocycles. The third kappa shape index (κ3) is 3.77. The van der Waals surface area contributed by atoms with Crippen LogP contribution in [0, 0.1) is 0 Å². The molecule has 1 saturated heterocycles. The molecule has 1 aromatic heterocycles. The van der Waals surface area contributed by atoms with Gasteiger partial charge in [0, 0.05) is 37.3 Å². The second kappa shape index (κ2) is 7.85. The maximum absolute atomic E-state index is 11.6. The van der Waals surface area contributed by atoms with Gasteiger partial charge in [0.1, 0.15) is 5.82 Å². The van der Waals surface area contributed by atoms with Crippen molar-refractivity contribution in [2.24, 2.45) is 0 Å². The van der Waals surface area contributed by atoms with Crippen molar-refractivity contribution in [2.75, 3.05) is 18.8 Å². The molecule has 4 heteroatoms. The molecule has 1 fully saturated rings. The number of pyridine rings is 1. The van der Waals surface area contributed by atoms with Crippen LogP contribution in [0.5, 0.6) is 0 Å². The van der Waals surface area contributed by atoms with Crippen LogP contribution in [0.1, 0.15) is 31.2 Å². The van der Waals surface area contributed by atoms with Crippen LogP contribution in [-0.4, -0.2) is 28.9 Å². The van der Waals surface area contributed by atoms with Crippen LogP contribution in [0.3, 0.4) is 0 Å². The lowest BCUT2D eigenvalue weighted by Gasteiger charge is -2.31. The fourth-order valence-corrected chi connectivity index (χ4v) is 3.98. The number of nitrogens with zero attached hydrogens (tertiary/aromatic N) is 2. The van der Waals surface area contributed by atoms with E-state index in [1.54, 1.807) is 6.92 Å². The van der Waals surface area contributed by atoms with Crippen LogP contribution < -0.4 is 5.73 Å². The third-order valence-electron chi connectivity index (χ3n) is 5.63. The smallest absolute Gasteiger partial charge is 0.219 e. The number of benzene rings is 2. The molecule has 2 aromatic carbocycles. The number of nitrogens with two attached hydrogens (primary N) is 1. The summed E-state index contributed by atoms with van der Waals surface area (Å²) in [6.07, 6.45) is 3.87. The molecule has 0 atom stereocenters. The van der Waals surface area contributed by atoms with Gasteiger partial charge in [-0.3, -0.25) is 4.79 Å². The van der Waals surface area contributed by atoms with E-state index in [2.05, 4.69) is 47.4 Å². The van der Waals surface area contributed by atoms with Crippen molar-refractivity contribution in [1.29, 1.82) is 0 Å². The standard InChI is InChI=1S/C24H25N3O/c1-17(28)27-12-10-18(11-13-27)20-8-5-9-21(14-20)22-15-23(24(25)26-16-22)19-6-3-2-4-7-19/h2-9,14-16,18H,10-13H2,1H3,(H2,25,26). The maximum atomic E-state index is 11.6. The van der Waals surface area contributed by atoms with Crippen molar-refractivity contribution >= 4 is 11.7 Å². The van der Waals surface area contributed by atoms with Crippen LogP contribution in [0.15, 0.2) is 66.9 Å². The summed E-state index contributed by atoms with van der Waals surface area (Å²) in [5, 5.41) is 0. The minimum Gasteiger partial charge on any atom is -0.383 e. The zero-order chi connectivity index (χ0) is 19.5. The Balaban J connectivity index is 1.61. The first kappa shape index (κ1) is 18.2. The first-order valence-corrected chi connectivity index (χ1v) is 9.78. The largest absolute Gasteiger partial charge is 0.383 e. The summed E-state index contributed by atoms with van der Waals surface area (Å²) < 4.78 is 0. The quantitative estimate of drug-likeness (QED) is 0.724. The van der Waals surface area contributed by atoms with Gasteiger partial charge in [-0.25, -0.2) is 4.98 Å². The number of piperidine rings is 1. The van der Waals surface area contributed by atoms with E-state index in [1.165, 1.54) is 5.56 Å². The number of anilines is 1. The molecule has 2 N–H and O–H groups in total. The zero-order valence-corrected chi connectivity index (χ0v) is 16.1. The van der Waals surface area contributed by atoms with Crippen molar-refractivity contribution in [2.45, 2.75) is 25.7 Å². The van der Waals surface area contributed by atoms with Crippen LogP contribution in [0.2, 0.25) is 0 Å². The lowest BCUT2D eigenvalue weighted by Crippen LogP contribution is -2.36. The molecule has 0 saturated carbocycles. The Labute approximate surface area is 166 Å². The third-order valence-corrected chi connectivity index (χ3v) is 5.63. The highest BCUT2D eigenvalue weighted by atomic mass is 16.2. The summed E-state index contributed by atoms with van der Waals surface area (Å²) in [5.74, 6) is 1.21. The molecule has 4 nitrogen and oxygen atoms in total. The minimum absolute atomic E-state index is 0.175. The van der Waals surface area contributed by atoms with E-state index < -0.39 is 0 Å². The predicted octanol–water partition coefficient (Wildman–Crippen LogP) is 4.72. The van der Waals surface area contributed by atoms with Gasteiger partial charge in [-0.2, -0.15) is 0 Å². The second-order valence-corrected chi connectivity index (χ2v) is 7.43. The van der Waals surface area contributed by atoms with Gasteiger partial charge in [-0.15, -0.1) is 0 Å². The molecule has 0 aliphatic carbocycles. The summed E-state index contributed by atoms with van der Waals surface area (Å²) in [6.45, 7) is 3.33. The molecule has 1 aliphatic heterocycles. The molecule has 28 heavy (non-hydrogen) atoms. The summed E-state index contributed by atoms with van der Waals surface area (Å²) in [4.78, 5) is 17.9. The number of hydrogen-bond donors (Lipinski definition) is 1. The molecular weight excluding hydrogens is 346 g/mol. The first-order valence-electron chi connectivity index (χ1n) is 9.78. The van der Waals surface area contributed by atoms with Gasteiger partial charge >= 0.3 is 0 Å². The number of aromatic nitrogens is 1. The molecular formula is C24H25N3O. The number of amides is 1. The highest BCUT2D eigenvalue weighted by Gasteiger charge is 2.22. The molecule has 1 aliphatic rings. The van der Waals surface area contributed by atoms with E-state index in [-0.39, 0.29) is 5.91 Å². The molecule has 0 spiro atoms. The molecule has 0 unspecified atom stereocenters. The van der Waals surface area contributed by atoms with E-state index in [4.69, 9.17) is 5.73 Å². The Bertz CT molecular complexity index is 976. The number of carbonyl (C=O) groups excluding carboxylic acids is 1. The highest BCUT2D eigenvalue weighted by Crippen LogP contribution is 2.33. The van der Waals surface area contributed by atoms with Gasteiger partial charge in [-0.1, -0.05) is 54.6 Å². The Hall–Kier alpha value is -3.14. The average molecular weight is 371 g/mol. The van der Waals surface area contributed by atoms with Crippen molar-refractivity contribution < 1.29 is 4.79 Å². The summed E-state index contributed by atoms with van der Waals surface area (Å²) in [7, 11) is 0. The molecule has 142 valence electrons. The molecule has 1 amide bonds. The summed E-state index contributed by atoms with van der Waals surface area (Å²) in [5.41, 5.74) is 11.7. The molecule has 3 aromatic rings. The second-order valence-electron chi connectivity index (χ2n) is 7.43. The predicted molar refractivity (Wildman–Crippen MR) is 114 cm³/mol. The highest BCUT2D eigenvalue weighted by molar-refractivity contribution is 5.79. The minimum atomic E-state index is 0.175. The van der Waals surface area contributed by atoms with Gasteiger partial charge < -0.3 is 10.6 Å². The number of nitrogen functional groups attached to an aromatic ring is 1. The van der Waals surface area contributed by atoms with Crippen molar-refractivity contribution in [1.82, 2.24) is 9.88 Å². The lowest BCUT2D eigenvalue weighted by atomic mass is 9.87. The van der Waals surface area contributed by atoms with E-state index in [9.17, 15) is 4.79 Å². The Morgan fingerprint density at radius 1 is 0.964 bits per heavy atom. The fourth-order valence-electron chi connectivity index (χ4n) is 3.98. The monoisotopic (exact) mass is 371 g/mol. The number of rotatable bonds is 3. The molecule has 0 bridgehead atoms. The van der Waals surface area contributed by atoms with Gasteiger partial charge in [-0.05, 0) is 41.5 Å². The maximum Gasteiger partial charge on any atom is 0.219 e. The van der Waals surface area contributed by atoms with E-state index in [0.717, 1.165) is 48.2 Å². The summed E-state index contributed by atoms with van der Waals surface area (Å²) >= 11 is 0. The summed E-state index contributed by atoms with van der Waals surface area (Å²) in [6, 6.07) is 20.9. The van der Waals surface area contributed by atoms with Crippen molar-refractivity contribution in [3.8, 4) is 22.3 Å². The number of carbonyl (C=O) groups is 1. The van der Waals surface area contributed by atoms with Crippen molar-refractivity contribution in [3.05, 3.63) is 72.4 Å². The van der Waals surface area contributed by atoms with Crippen LogP contribution in [-0.2, 0) is 4.79 Å². The van der Waals surface area contributed by atoms with Crippen LogP contribution >= 0.6 is 0 Å². The molecule has 4 rings (SSSR count). The topological polar surface area (TPSA) is 59.2 Å². The number of hydrogen-bond acceptors (Lipinski definition) is 3. The zero-order valence-electron chi connectivity index (χ0n) is 16.1. The SMILES string of the molecule is CC(=O)N1CCC(c2cccc(-c3cnc(N)c(-c4ccccc4)c3)c2)CC1. The first-order chi connectivity index (χ1) is 13.6. The Morgan fingerprint density at radius 2 is 1.68 bits per heavy atom. The average Bonchev–Trinajstić information content (AvgIpc) is 2.75. The van der Waals surface area contributed by atoms with Gasteiger partial charge in [0.05, 0.1) is 0 Å². The Kier molecular flexibility index (Phi) is 5.11. The van der Waals surface area contributed by atoms with Gasteiger partial charge in [0.15, 0.2) is 0 Å². The normalized spacial score (nSPS) is 14.8. The van der Waals surface area contributed by atoms with E-state index in [1.807, 2.05) is 29.3 Å². The van der Waals surface area contributed by atoms with Gasteiger partial charge in [0.25, 0.3) is 0 Å². The van der Waals surface area contributed by atoms with E-state index in [0.29, 0.717) is 11.7 Å². The van der Waals surface area contributed by atoms with Crippen LogP contribution in [0.25, 0.3) is 22.3 Å². The fraction of sp³-hybridized carbons (Fsp3) is 0.250.